The molecule has 0 unspecified atom stereocenters. The number of carbonyl (C=O) groups is 1. The minimum absolute atomic E-state index is 0.129. The number of hydrogen-bond acceptors (Lipinski definition) is 5. The Hall–Kier alpha value is -2.08. The molecule has 1 aromatic heterocycles. The Kier molecular flexibility index (Phi) is 7.06. The van der Waals surface area contributed by atoms with Gasteiger partial charge in [-0.15, -0.1) is 11.3 Å². The van der Waals surface area contributed by atoms with Gasteiger partial charge in [-0.2, -0.15) is 0 Å². The van der Waals surface area contributed by atoms with Crippen LogP contribution in [0.15, 0.2) is 23.6 Å². The van der Waals surface area contributed by atoms with E-state index in [0.29, 0.717) is 23.7 Å². The van der Waals surface area contributed by atoms with Crippen LogP contribution in [0.25, 0.3) is 10.6 Å². The number of aromatic nitrogens is 1. The molecule has 24 heavy (non-hydrogen) atoms. The number of thiazole rings is 1. The lowest BCUT2D eigenvalue weighted by molar-refractivity contribution is 0.0948. The van der Waals surface area contributed by atoms with Gasteiger partial charge in [0.2, 0.25) is 0 Å². The summed E-state index contributed by atoms with van der Waals surface area (Å²) in [5, 5.41) is 5.43. The van der Waals surface area contributed by atoms with Gasteiger partial charge < -0.3 is 14.8 Å². The van der Waals surface area contributed by atoms with E-state index in [2.05, 4.69) is 17.2 Å². The Bertz CT molecular complexity index is 670. The summed E-state index contributed by atoms with van der Waals surface area (Å²) in [5.74, 6) is 1.14. The molecule has 130 valence electrons. The third-order valence-electron chi connectivity index (χ3n) is 3.69. The highest BCUT2D eigenvalue weighted by Crippen LogP contribution is 2.38. The second-order valence-corrected chi connectivity index (χ2v) is 6.25. The largest absolute Gasteiger partial charge is 0.493 e. The van der Waals surface area contributed by atoms with Crippen molar-refractivity contribution < 1.29 is 14.3 Å². The molecule has 1 aromatic carbocycles. The highest BCUT2D eigenvalue weighted by Gasteiger charge is 2.16. The summed E-state index contributed by atoms with van der Waals surface area (Å²) in [5.41, 5.74) is 1.26. The Morgan fingerprint density at radius 3 is 2.75 bits per heavy atom. The first kappa shape index (κ1) is 18.3. The summed E-state index contributed by atoms with van der Waals surface area (Å²) in [4.78, 5) is 16.6. The fourth-order valence-electron chi connectivity index (χ4n) is 2.40. The van der Waals surface area contributed by atoms with E-state index < -0.39 is 0 Å². The quantitative estimate of drug-likeness (QED) is 0.692. The molecule has 0 saturated heterocycles. The van der Waals surface area contributed by atoms with Crippen molar-refractivity contribution in [3.63, 3.8) is 0 Å². The molecule has 6 heteroatoms. The van der Waals surface area contributed by atoms with Gasteiger partial charge in [0.15, 0.2) is 11.5 Å². The topological polar surface area (TPSA) is 60.5 Å². The zero-order chi connectivity index (χ0) is 17.4. The molecule has 0 aliphatic heterocycles. The Morgan fingerprint density at radius 1 is 1.21 bits per heavy atom. The minimum atomic E-state index is -0.129. The minimum Gasteiger partial charge on any atom is -0.493 e. The van der Waals surface area contributed by atoms with Crippen LogP contribution < -0.4 is 14.8 Å². The van der Waals surface area contributed by atoms with Crippen LogP contribution in [-0.2, 0) is 0 Å². The molecule has 2 rings (SSSR count). The predicted molar refractivity (Wildman–Crippen MR) is 97.1 cm³/mol. The molecular weight excluding hydrogens is 324 g/mol. The SMILES string of the molecule is CCCCCCNC(=O)c1csc(-c2cccc(OC)c2OC)n1. The first-order chi connectivity index (χ1) is 11.7. The highest BCUT2D eigenvalue weighted by atomic mass is 32.1. The lowest BCUT2D eigenvalue weighted by atomic mass is 10.2. The maximum atomic E-state index is 12.2. The summed E-state index contributed by atoms with van der Waals surface area (Å²) < 4.78 is 10.7. The number of carbonyl (C=O) groups excluding carboxylic acids is 1. The molecule has 1 heterocycles. The van der Waals surface area contributed by atoms with Gasteiger partial charge in [0.25, 0.3) is 5.91 Å². The highest BCUT2D eigenvalue weighted by molar-refractivity contribution is 7.13. The molecule has 0 bridgehead atoms. The molecule has 0 radical (unpaired) electrons. The molecular formula is C18H24N2O3S. The fourth-order valence-corrected chi connectivity index (χ4v) is 3.22. The Morgan fingerprint density at radius 2 is 2.04 bits per heavy atom. The van der Waals surface area contributed by atoms with Crippen LogP contribution in [0.4, 0.5) is 0 Å². The lowest BCUT2D eigenvalue weighted by Crippen LogP contribution is -2.24. The van der Waals surface area contributed by atoms with Crippen LogP contribution in [0.2, 0.25) is 0 Å². The van der Waals surface area contributed by atoms with Crippen molar-refractivity contribution in [2.75, 3.05) is 20.8 Å². The third kappa shape index (κ3) is 4.47. The Labute approximate surface area is 147 Å². The molecule has 1 amide bonds. The van der Waals surface area contributed by atoms with E-state index in [9.17, 15) is 4.79 Å². The monoisotopic (exact) mass is 348 g/mol. The summed E-state index contributed by atoms with van der Waals surface area (Å²) in [7, 11) is 3.19. The van der Waals surface area contributed by atoms with Crippen molar-refractivity contribution in [1.29, 1.82) is 0 Å². The van der Waals surface area contributed by atoms with Crippen molar-refractivity contribution in [2.45, 2.75) is 32.6 Å². The molecule has 2 aromatic rings. The van der Waals surface area contributed by atoms with E-state index in [1.54, 1.807) is 19.6 Å². The molecule has 0 atom stereocenters. The normalized spacial score (nSPS) is 10.5. The fraction of sp³-hybridized carbons (Fsp3) is 0.444. The number of unbranched alkanes of at least 4 members (excludes halogenated alkanes) is 3. The maximum Gasteiger partial charge on any atom is 0.270 e. The van der Waals surface area contributed by atoms with Crippen LogP contribution in [0.1, 0.15) is 43.1 Å². The van der Waals surface area contributed by atoms with E-state index in [-0.39, 0.29) is 5.91 Å². The molecule has 0 fully saturated rings. The molecule has 0 spiro atoms. The van der Waals surface area contributed by atoms with E-state index in [1.165, 1.54) is 24.2 Å². The van der Waals surface area contributed by atoms with E-state index in [0.717, 1.165) is 23.4 Å². The van der Waals surface area contributed by atoms with Gasteiger partial charge in [-0.3, -0.25) is 4.79 Å². The van der Waals surface area contributed by atoms with Crippen molar-refractivity contribution in [3.05, 3.63) is 29.3 Å². The van der Waals surface area contributed by atoms with Crippen LogP contribution >= 0.6 is 11.3 Å². The molecule has 0 aliphatic rings. The maximum absolute atomic E-state index is 12.2. The van der Waals surface area contributed by atoms with Gasteiger partial charge in [-0.25, -0.2) is 4.98 Å². The number of nitrogens with zero attached hydrogens (tertiary/aromatic N) is 1. The van der Waals surface area contributed by atoms with E-state index in [4.69, 9.17) is 9.47 Å². The number of hydrogen-bond donors (Lipinski definition) is 1. The van der Waals surface area contributed by atoms with Crippen molar-refractivity contribution >= 4 is 17.2 Å². The number of ether oxygens (including phenoxy) is 2. The average Bonchev–Trinajstić information content (AvgIpc) is 3.10. The van der Waals surface area contributed by atoms with E-state index >= 15 is 0 Å². The standard InChI is InChI=1S/C18H24N2O3S/c1-4-5-6-7-11-19-17(21)14-12-24-18(20-14)13-9-8-10-15(22-2)16(13)23-3/h8-10,12H,4-7,11H2,1-3H3,(H,19,21). The van der Waals surface area contributed by atoms with Crippen molar-refractivity contribution in [2.24, 2.45) is 0 Å². The average molecular weight is 348 g/mol. The van der Waals surface area contributed by atoms with Gasteiger partial charge in [0, 0.05) is 11.9 Å². The predicted octanol–water partition coefficient (Wildman–Crippen LogP) is 4.14. The lowest BCUT2D eigenvalue weighted by Gasteiger charge is -2.10. The number of nitrogens with one attached hydrogen (secondary N) is 1. The van der Waals surface area contributed by atoms with Crippen molar-refractivity contribution in [1.82, 2.24) is 10.3 Å². The smallest absolute Gasteiger partial charge is 0.270 e. The zero-order valence-corrected chi connectivity index (χ0v) is 15.2. The second kappa shape index (κ2) is 9.27. The van der Waals surface area contributed by atoms with Gasteiger partial charge >= 0.3 is 0 Å². The summed E-state index contributed by atoms with van der Waals surface area (Å²) in [6, 6.07) is 5.62. The number of para-hydroxylation sites is 1. The summed E-state index contributed by atoms with van der Waals surface area (Å²) in [6.45, 7) is 2.86. The third-order valence-corrected chi connectivity index (χ3v) is 4.56. The van der Waals surface area contributed by atoms with Gasteiger partial charge in [-0.1, -0.05) is 32.3 Å². The molecule has 5 nitrogen and oxygen atoms in total. The number of amides is 1. The van der Waals surface area contributed by atoms with Crippen LogP contribution in [0, 0.1) is 0 Å². The number of methoxy groups -OCH3 is 2. The van der Waals surface area contributed by atoms with Crippen LogP contribution in [0.5, 0.6) is 11.5 Å². The molecule has 0 saturated carbocycles. The summed E-state index contributed by atoms with van der Waals surface area (Å²) in [6.07, 6.45) is 4.53. The van der Waals surface area contributed by atoms with Crippen molar-refractivity contribution in [3.8, 4) is 22.1 Å². The molecule has 0 aliphatic carbocycles. The first-order valence-corrected chi connectivity index (χ1v) is 9.04. The number of rotatable bonds is 9. The molecule has 1 N–H and O–H groups in total. The number of benzene rings is 1. The second-order valence-electron chi connectivity index (χ2n) is 5.40. The van der Waals surface area contributed by atoms with E-state index in [1.807, 2.05) is 18.2 Å². The van der Waals surface area contributed by atoms with Crippen LogP contribution in [0.3, 0.4) is 0 Å². The zero-order valence-electron chi connectivity index (χ0n) is 14.4. The first-order valence-electron chi connectivity index (χ1n) is 8.16. The van der Waals surface area contributed by atoms with Crippen LogP contribution in [-0.4, -0.2) is 31.7 Å². The van der Waals surface area contributed by atoms with Gasteiger partial charge in [-0.05, 0) is 18.6 Å². The Balaban J connectivity index is 2.07. The van der Waals surface area contributed by atoms with Gasteiger partial charge in [0.1, 0.15) is 10.7 Å². The van der Waals surface area contributed by atoms with Gasteiger partial charge in [0.05, 0.1) is 19.8 Å². The summed E-state index contributed by atoms with van der Waals surface area (Å²) >= 11 is 1.42.